The van der Waals surface area contributed by atoms with Crippen molar-refractivity contribution in [3.8, 4) is 0 Å². The summed E-state index contributed by atoms with van der Waals surface area (Å²) >= 11 is 1.61. The van der Waals surface area contributed by atoms with Crippen molar-refractivity contribution < 1.29 is 19.2 Å². The van der Waals surface area contributed by atoms with E-state index in [2.05, 4.69) is 27.4 Å². The third-order valence-electron chi connectivity index (χ3n) is 5.03. The number of nitrogens with zero attached hydrogens (tertiary/aromatic N) is 3. The molecule has 3 N–H and O–H groups in total. The highest BCUT2D eigenvalue weighted by atomic mass is 32.2. The molecule has 3 rings (SSSR count). The van der Waals surface area contributed by atoms with Crippen LogP contribution in [0.15, 0.2) is 58.2 Å². The molecule has 1 aliphatic heterocycles. The van der Waals surface area contributed by atoms with Crippen molar-refractivity contribution >= 4 is 41.4 Å². The lowest BCUT2D eigenvalue weighted by Crippen LogP contribution is -2.38. The molecule has 9 nitrogen and oxygen atoms in total. The number of hydroxylamine groups is 2. The molecule has 1 aliphatic rings. The van der Waals surface area contributed by atoms with Crippen LogP contribution in [0.2, 0.25) is 0 Å². The number of benzene rings is 1. The molecule has 0 aliphatic carbocycles. The molecular formula is C27H35N5O4S. The van der Waals surface area contributed by atoms with Crippen molar-refractivity contribution in [2.45, 2.75) is 56.9 Å². The lowest BCUT2D eigenvalue weighted by atomic mass is 10.1. The highest BCUT2D eigenvalue weighted by molar-refractivity contribution is 7.98. The summed E-state index contributed by atoms with van der Waals surface area (Å²) in [7, 11) is 0. The number of aromatic nitrogens is 1. The molecule has 0 spiro atoms. The van der Waals surface area contributed by atoms with Crippen LogP contribution in [0.3, 0.4) is 0 Å². The van der Waals surface area contributed by atoms with Crippen LogP contribution >= 0.6 is 11.8 Å². The van der Waals surface area contributed by atoms with Crippen molar-refractivity contribution in [1.29, 1.82) is 0 Å². The maximum absolute atomic E-state index is 13.3. The molecule has 1 aromatic carbocycles. The number of pyridine rings is 1. The molecule has 0 saturated carbocycles. The number of hydrogen-bond donors (Lipinski definition) is 2. The third kappa shape index (κ3) is 9.22. The van der Waals surface area contributed by atoms with Gasteiger partial charge in [0.05, 0.1) is 17.3 Å². The second-order valence-corrected chi connectivity index (χ2v) is 10.5. The van der Waals surface area contributed by atoms with Crippen molar-refractivity contribution in [3.63, 3.8) is 0 Å². The fourth-order valence-electron chi connectivity index (χ4n) is 3.43. The molecule has 10 heteroatoms. The smallest absolute Gasteiger partial charge is 0.407 e. The van der Waals surface area contributed by atoms with Crippen LogP contribution in [0, 0.1) is 0 Å². The Morgan fingerprint density at radius 3 is 2.68 bits per heavy atom. The molecule has 2 heterocycles. The molecular weight excluding hydrogens is 490 g/mol. The lowest BCUT2D eigenvalue weighted by molar-refractivity contribution is -0.181. The number of nitrogens with two attached hydrogens (primary N) is 1. The summed E-state index contributed by atoms with van der Waals surface area (Å²) in [4.78, 5) is 39.9. The Hall–Kier alpha value is -3.37. The van der Waals surface area contributed by atoms with Gasteiger partial charge in [-0.15, -0.1) is 11.8 Å². The largest absolute Gasteiger partial charge is 0.444 e. The Labute approximate surface area is 222 Å². The Kier molecular flexibility index (Phi) is 10.1. The molecule has 0 saturated heterocycles. The SMILES string of the molecule is CCCN(OCCNC(=O)OC(C)(C)C)C(=O)C1=Cc2cnc(SCc3ccccc3)cc2N=C(N)C1. The van der Waals surface area contributed by atoms with Gasteiger partial charge < -0.3 is 15.8 Å². The number of thioether (sulfide) groups is 1. The maximum Gasteiger partial charge on any atom is 0.407 e. The highest BCUT2D eigenvalue weighted by Gasteiger charge is 2.23. The zero-order valence-corrected chi connectivity index (χ0v) is 22.6. The summed E-state index contributed by atoms with van der Waals surface area (Å²) in [6, 6.07) is 12.1. The topological polar surface area (TPSA) is 119 Å². The summed E-state index contributed by atoms with van der Waals surface area (Å²) in [5, 5.41) is 4.76. The predicted molar refractivity (Wildman–Crippen MR) is 146 cm³/mol. The minimum Gasteiger partial charge on any atom is -0.444 e. The second kappa shape index (κ2) is 13.3. The molecule has 0 unspecified atom stereocenters. The fourth-order valence-corrected chi connectivity index (χ4v) is 4.26. The number of aliphatic imine (C=N–C) groups is 1. The van der Waals surface area contributed by atoms with E-state index in [1.165, 1.54) is 10.6 Å². The predicted octanol–water partition coefficient (Wildman–Crippen LogP) is 4.84. The van der Waals surface area contributed by atoms with Crippen LogP contribution in [-0.4, -0.2) is 53.2 Å². The van der Waals surface area contributed by atoms with Gasteiger partial charge in [-0.1, -0.05) is 37.3 Å². The van der Waals surface area contributed by atoms with E-state index in [0.717, 1.165) is 16.3 Å². The summed E-state index contributed by atoms with van der Waals surface area (Å²) < 4.78 is 5.21. The van der Waals surface area contributed by atoms with Gasteiger partial charge in [0.1, 0.15) is 11.4 Å². The maximum atomic E-state index is 13.3. The second-order valence-electron chi connectivity index (χ2n) is 9.47. The molecule has 0 atom stereocenters. The number of fused-ring (bicyclic) bond motifs is 1. The lowest BCUT2D eigenvalue weighted by Gasteiger charge is -2.23. The average Bonchev–Trinajstić information content (AvgIpc) is 3.01. The van der Waals surface area contributed by atoms with Gasteiger partial charge in [0.2, 0.25) is 0 Å². The van der Waals surface area contributed by atoms with E-state index in [9.17, 15) is 9.59 Å². The van der Waals surface area contributed by atoms with E-state index in [1.807, 2.05) is 31.2 Å². The number of hydrogen-bond acceptors (Lipinski definition) is 8. The van der Waals surface area contributed by atoms with Gasteiger partial charge in [-0.2, -0.15) is 0 Å². The van der Waals surface area contributed by atoms with E-state index in [-0.39, 0.29) is 25.5 Å². The van der Waals surface area contributed by atoms with Gasteiger partial charge in [-0.3, -0.25) is 9.63 Å². The Morgan fingerprint density at radius 1 is 1.22 bits per heavy atom. The summed E-state index contributed by atoms with van der Waals surface area (Å²) in [5.74, 6) is 0.830. The molecule has 2 aromatic rings. The third-order valence-corrected chi connectivity index (χ3v) is 6.02. The highest BCUT2D eigenvalue weighted by Crippen LogP contribution is 2.31. The monoisotopic (exact) mass is 525 g/mol. The number of ether oxygens (including phenoxy) is 1. The minimum atomic E-state index is -0.588. The van der Waals surface area contributed by atoms with Crippen LogP contribution in [-0.2, 0) is 20.1 Å². The van der Waals surface area contributed by atoms with E-state index in [4.69, 9.17) is 15.3 Å². The number of carbonyl (C=O) groups is 2. The Morgan fingerprint density at radius 2 is 1.97 bits per heavy atom. The normalized spacial score (nSPS) is 13.1. The van der Waals surface area contributed by atoms with Crippen molar-refractivity contribution in [2.24, 2.45) is 10.7 Å². The van der Waals surface area contributed by atoms with Crippen LogP contribution in [0.5, 0.6) is 0 Å². The number of carbonyl (C=O) groups excluding carboxylic acids is 2. The van der Waals surface area contributed by atoms with E-state index in [1.54, 1.807) is 44.8 Å². The number of amides is 2. The van der Waals surface area contributed by atoms with E-state index >= 15 is 0 Å². The first-order valence-corrected chi connectivity index (χ1v) is 13.2. The van der Waals surface area contributed by atoms with Crippen molar-refractivity contribution in [1.82, 2.24) is 15.4 Å². The number of amidine groups is 1. The summed E-state index contributed by atoms with van der Waals surface area (Å²) in [6.07, 6.45) is 3.84. The standard InChI is InChI=1S/C27H35N5O4S/c1-5-12-32(35-13-11-29-26(34)36-27(2,3)4)25(33)20-14-21-17-30-24(16-22(21)31-23(28)15-20)37-18-19-9-7-6-8-10-19/h6-10,14,16-17H,5,11-13,15,18H2,1-4H3,(H2,28,31)(H,29,34). The molecule has 2 amide bonds. The molecule has 198 valence electrons. The minimum absolute atomic E-state index is 0.113. The van der Waals surface area contributed by atoms with Crippen molar-refractivity contribution in [3.05, 3.63) is 59.3 Å². The van der Waals surface area contributed by atoms with Crippen LogP contribution in [0.25, 0.3) is 6.08 Å². The quantitative estimate of drug-likeness (QED) is 0.259. The summed E-state index contributed by atoms with van der Waals surface area (Å²) in [5.41, 5.74) is 8.65. The summed E-state index contributed by atoms with van der Waals surface area (Å²) in [6.45, 7) is 8.02. The van der Waals surface area contributed by atoms with Gasteiger partial charge in [0.25, 0.3) is 5.91 Å². The number of alkyl carbamates (subject to hydrolysis) is 1. The molecule has 0 fully saturated rings. The average molecular weight is 526 g/mol. The van der Waals surface area contributed by atoms with Crippen LogP contribution < -0.4 is 11.1 Å². The molecule has 1 aromatic heterocycles. The zero-order chi connectivity index (χ0) is 26.8. The van der Waals surface area contributed by atoms with Gasteiger partial charge in [-0.05, 0) is 44.9 Å². The first-order chi connectivity index (χ1) is 17.6. The Balaban J connectivity index is 1.65. The zero-order valence-electron chi connectivity index (χ0n) is 21.8. The molecule has 0 bridgehead atoms. The van der Waals surface area contributed by atoms with Crippen molar-refractivity contribution in [2.75, 3.05) is 19.7 Å². The Bertz CT molecular complexity index is 1150. The van der Waals surface area contributed by atoms with Gasteiger partial charge >= 0.3 is 6.09 Å². The van der Waals surface area contributed by atoms with E-state index < -0.39 is 11.7 Å². The van der Waals surface area contributed by atoms with Crippen LogP contribution in [0.4, 0.5) is 10.5 Å². The van der Waals surface area contributed by atoms with Crippen LogP contribution in [0.1, 0.15) is 51.7 Å². The van der Waals surface area contributed by atoms with E-state index in [0.29, 0.717) is 30.1 Å². The number of nitrogens with one attached hydrogen (secondary N) is 1. The first-order valence-electron chi connectivity index (χ1n) is 12.3. The van der Waals surface area contributed by atoms with Gasteiger partial charge in [0.15, 0.2) is 0 Å². The first kappa shape index (κ1) is 28.2. The molecule has 37 heavy (non-hydrogen) atoms. The molecule has 0 radical (unpaired) electrons. The van der Waals surface area contributed by atoms with Gasteiger partial charge in [0, 0.05) is 42.6 Å². The fraction of sp³-hybridized carbons (Fsp3) is 0.407. The van der Waals surface area contributed by atoms with Gasteiger partial charge in [-0.25, -0.2) is 19.8 Å². The number of rotatable bonds is 10.